The fourth-order valence-corrected chi connectivity index (χ4v) is 0.285. The molecule has 0 nitrogen and oxygen atoms in total. The summed E-state index contributed by atoms with van der Waals surface area (Å²) in [7, 11) is 0. The molecule has 0 aromatic heterocycles. The Morgan fingerprint density at radius 2 is 0.850 bits per heavy atom. The molecule has 0 bridgehead atoms. The summed E-state index contributed by atoms with van der Waals surface area (Å²) in [4.78, 5) is 0. The Balaban J connectivity index is -0.0000000214. The first-order chi connectivity index (χ1) is 9.68. The second kappa shape index (κ2) is 145. The third kappa shape index (κ3) is 493. The van der Waals surface area contributed by atoms with Crippen molar-refractivity contribution in [2.45, 2.75) is 83.1 Å². The molecule has 0 aromatic carbocycles. The van der Waals surface area contributed by atoms with Gasteiger partial charge in [0.2, 0.25) is 0 Å². The Morgan fingerprint density at radius 1 is 0.650 bits per heavy atom. The maximum Gasteiger partial charge on any atom is -0.0404 e. The zero-order valence-corrected chi connectivity index (χ0v) is 16.9. The van der Waals surface area contributed by atoms with Crippen LogP contribution in [0.4, 0.5) is 0 Å². The topological polar surface area (TPSA) is 0 Å². The molecule has 0 aliphatic heterocycles. The molecule has 0 aromatic rings. The zero-order chi connectivity index (χ0) is 18.4. The lowest BCUT2D eigenvalue weighted by Gasteiger charge is -1.75. The minimum absolute atomic E-state index is 1.11. The molecule has 0 aliphatic rings. The van der Waals surface area contributed by atoms with Gasteiger partial charge in [-0.1, -0.05) is 119 Å². The maximum atomic E-state index is 3.66. The first kappa shape index (κ1) is 42.8. The minimum Gasteiger partial charge on any atom is -0.0991 e. The predicted molar refractivity (Wildman–Crippen MR) is 107 cm³/mol. The lowest BCUT2D eigenvalue weighted by molar-refractivity contribution is 1.50. The molecule has 0 N–H and O–H groups in total. The molecule has 126 valence electrons. The van der Waals surface area contributed by atoms with Crippen molar-refractivity contribution in [2.75, 3.05) is 0 Å². The van der Waals surface area contributed by atoms with Crippen LogP contribution in [0.15, 0.2) is 49.6 Å². The van der Waals surface area contributed by atoms with E-state index in [2.05, 4.69) is 19.7 Å². The van der Waals surface area contributed by atoms with Gasteiger partial charge in [0, 0.05) is 0 Å². The zero-order valence-electron chi connectivity index (χ0n) is 16.9. The Morgan fingerprint density at radius 3 is 0.850 bits per heavy atom. The predicted octanol–water partition coefficient (Wildman–Crippen LogP) is 8.63. The Kier molecular flexibility index (Phi) is 311. The van der Waals surface area contributed by atoms with E-state index in [1.807, 2.05) is 95.2 Å². The van der Waals surface area contributed by atoms with E-state index < -0.39 is 0 Å². The second-order valence-electron chi connectivity index (χ2n) is 1.82. The van der Waals surface area contributed by atoms with Gasteiger partial charge in [0.15, 0.2) is 0 Å². The molecule has 0 amide bonds. The van der Waals surface area contributed by atoms with Crippen molar-refractivity contribution in [1.29, 1.82) is 0 Å². The standard InChI is InChI=1S/C6H10.C4H6.5C2H6/c1-4-5-6(2)3;1-3-4-2;5*1-2/h4-5H,2H2,1,3H3;3-4H,1-2H2;5*1-2H3/b5-4-;;;;;;. The van der Waals surface area contributed by atoms with Crippen LogP contribution >= 0.6 is 0 Å². The first-order valence-electron chi connectivity index (χ1n) is 8.20. The minimum atomic E-state index is 1.11. The smallest absolute Gasteiger partial charge is 0.0404 e. The largest absolute Gasteiger partial charge is 0.0991 e. The van der Waals surface area contributed by atoms with Crippen molar-refractivity contribution in [3.05, 3.63) is 49.6 Å². The normalized spacial score (nSPS) is 5.40. The lowest BCUT2D eigenvalue weighted by Crippen LogP contribution is -1.54. The van der Waals surface area contributed by atoms with Gasteiger partial charge >= 0.3 is 0 Å². The Bertz CT molecular complexity index is 121. The summed E-state index contributed by atoms with van der Waals surface area (Å²) in [6.45, 7) is 34.3. The number of rotatable bonds is 2. The number of hydrogen-bond acceptors (Lipinski definition) is 0. The molecule has 0 saturated heterocycles. The summed E-state index contributed by atoms with van der Waals surface area (Å²) in [6.07, 6.45) is 7.22. The van der Waals surface area contributed by atoms with Gasteiger partial charge in [0.1, 0.15) is 0 Å². The average molecular weight is 287 g/mol. The summed E-state index contributed by atoms with van der Waals surface area (Å²) in [5, 5.41) is 0. The molecular formula is C20H46. The second-order valence-corrected chi connectivity index (χ2v) is 1.82. The molecule has 0 heterocycles. The Hall–Kier alpha value is -1.04. The van der Waals surface area contributed by atoms with Crippen LogP contribution in [-0.4, -0.2) is 0 Å². The van der Waals surface area contributed by atoms with E-state index in [9.17, 15) is 0 Å². The van der Waals surface area contributed by atoms with E-state index in [0.717, 1.165) is 5.57 Å². The first-order valence-corrected chi connectivity index (χ1v) is 8.20. The van der Waals surface area contributed by atoms with Gasteiger partial charge < -0.3 is 0 Å². The van der Waals surface area contributed by atoms with Gasteiger partial charge in [-0.05, 0) is 13.8 Å². The highest BCUT2D eigenvalue weighted by Gasteiger charge is 1.63. The van der Waals surface area contributed by atoms with E-state index in [0.29, 0.717) is 0 Å². The van der Waals surface area contributed by atoms with Crippen molar-refractivity contribution in [2.24, 2.45) is 0 Å². The fourth-order valence-electron chi connectivity index (χ4n) is 0.285. The number of allylic oxidation sites excluding steroid dienone is 5. The quantitative estimate of drug-likeness (QED) is 0.445. The molecule has 0 fully saturated rings. The molecule has 0 aliphatic carbocycles. The van der Waals surface area contributed by atoms with Crippen LogP contribution in [0.3, 0.4) is 0 Å². The highest BCUT2D eigenvalue weighted by atomic mass is 13.7. The third-order valence-electron chi connectivity index (χ3n) is 0.618. The van der Waals surface area contributed by atoms with Crippen LogP contribution < -0.4 is 0 Å². The summed E-state index contributed by atoms with van der Waals surface area (Å²) in [6, 6.07) is 0. The lowest BCUT2D eigenvalue weighted by atomic mass is 10.3. The maximum absolute atomic E-state index is 3.66. The molecule has 0 atom stereocenters. The molecule has 0 unspecified atom stereocenters. The summed E-state index contributed by atoms with van der Waals surface area (Å²) in [5.41, 5.74) is 1.11. The van der Waals surface area contributed by atoms with E-state index in [1.165, 1.54) is 0 Å². The van der Waals surface area contributed by atoms with Crippen LogP contribution in [-0.2, 0) is 0 Å². The van der Waals surface area contributed by atoms with Crippen molar-refractivity contribution >= 4 is 0 Å². The van der Waals surface area contributed by atoms with Gasteiger partial charge in [0.25, 0.3) is 0 Å². The highest BCUT2D eigenvalue weighted by Crippen LogP contribution is 1.85. The SMILES string of the molecule is C=C(C)/C=C\C.C=CC=C.CC.CC.CC.CC.CC. The molecule has 0 radical (unpaired) electrons. The van der Waals surface area contributed by atoms with Crippen LogP contribution in [0.25, 0.3) is 0 Å². The van der Waals surface area contributed by atoms with Gasteiger partial charge in [-0.25, -0.2) is 0 Å². The van der Waals surface area contributed by atoms with Crippen molar-refractivity contribution in [3.63, 3.8) is 0 Å². The van der Waals surface area contributed by atoms with Crippen molar-refractivity contribution in [3.8, 4) is 0 Å². The third-order valence-corrected chi connectivity index (χ3v) is 0.618. The fraction of sp³-hybridized carbons (Fsp3) is 0.600. The molecule has 0 saturated carbocycles. The van der Waals surface area contributed by atoms with E-state index in [4.69, 9.17) is 0 Å². The molecule has 0 spiro atoms. The van der Waals surface area contributed by atoms with Crippen LogP contribution in [0, 0.1) is 0 Å². The average Bonchev–Trinajstić information content (AvgIpc) is 2.57. The van der Waals surface area contributed by atoms with Gasteiger partial charge in [-0.15, -0.1) is 0 Å². The van der Waals surface area contributed by atoms with Gasteiger partial charge in [-0.2, -0.15) is 0 Å². The van der Waals surface area contributed by atoms with Gasteiger partial charge in [0.05, 0.1) is 0 Å². The highest BCUT2D eigenvalue weighted by molar-refractivity contribution is 5.09. The van der Waals surface area contributed by atoms with E-state index in [1.54, 1.807) is 12.2 Å². The molecule has 0 rings (SSSR count). The van der Waals surface area contributed by atoms with Crippen molar-refractivity contribution in [1.82, 2.24) is 0 Å². The summed E-state index contributed by atoms with van der Waals surface area (Å²) < 4.78 is 0. The van der Waals surface area contributed by atoms with E-state index >= 15 is 0 Å². The number of hydrogen-bond donors (Lipinski definition) is 0. The van der Waals surface area contributed by atoms with Crippen molar-refractivity contribution < 1.29 is 0 Å². The van der Waals surface area contributed by atoms with Crippen LogP contribution in [0.1, 0.15) is 83.1 Å². The summed E-state index contributed by atoms with van der Waals surface area (Å²) >= 11 is 0. The van der Waals surface area contributed by atoms with E-state index in [-0.39, 0.29) is 0 Å². The molecular weight excluding hydrogens is 240 g/mol. The Labute approximate surface area is 133 Å². The summed E-state index contributed by atoms with van der Waals surface area (Å²) in [5.74, 6) is 0. The van der Waals surface area contributed by atoms with Gasteiger partial charge in [-0.3, -0.25) is 0 Å². The molecule has 20 heavy (non-hydrogen) atoms. The van der Waals surface area contributed by atoms with Crippen LogP contribution in [0.2, 0.25) is 0 Å². The monoisotopic (exact) mass is 286 g/mol. The molecule has 0 heteroatoms. The van der Waals surface area contributed by atoms with Crippen LogP contribution in [0.5, 0.6) is 0 Å².